The molecule has 1 N–H and O–H groups in total. The Hall–Kier alpha value is -4.35. The van der Waals surface area contributed by atoms with E-state index in [0.29, 0.717) is 12.1 Å². The molecule has 8 nitrogen and oxygen atoms in total. The molecule has 3 aromatic rings. The van der Waals surface area contributed by atoms with Gasteiger partial charge in [-0.2, -0.15) is 8.78 Å². The Bertz CT molecular complexity index is 1440. The van der Waals surface area contributed by atoms with E-state index in [-0.39, 0.29) is 29.3 Å². The fraction of sp³-hybridized carbons (Fsp3) is 0.296. The second-order valence-electron chi connectivity index (χ2n) is 8.85. The number of hydrogen-bond acceptors (Lipinski definition) is 5. The van der Waals surface area contributed by atoms with Crippen molar-refractivity contribution in [1.29, 1.82) is 0 Å². The average Bonchev–Trinajstić information content (AvgIpc) is 3.18. The zero-order valence-electron chi connectivity index (χ0n) is 21.2. The first-order chi connectivity index (χ1) is 18.5. The molecule has 206 valence electrons. The number of aryl methyl sites for hydroxylation is 2. The molecule has 39 heavy (non-hydrogen) atoms. The van der Waals surface area contributed by atoms with E-state index in [2.05, 4.69) is 10.1 Å². The molecule has 0 aliphatic carbocycles. The highest BCUT2D eigenvalue weighted by Crippen LogP contribution is 2.36. The van der Waals surface area contributed by atoms with Crippen molar-refractivity contribution in [2.75, 3.05) is 18.6 Å². The van der Waals surface area contributed by atoms with Crippen molar-refractivity contribution in [2.45, 2.75) is 39.0 Å². The minimum atomic E-state index is -3.06. The molecule has 0 spiro atoms. The maximum atomic E-state index is 15.2. The lowest BCUT2D eigenvalue weighted by molar-refractivity contribution is -0.118. The third-order valence-electron chi connectivity index (χ3n) is 6.55. The van der Waals surface area contributed by atoms with Gasteiger partial charge in [0.25, 0.3) is 11.5 Å². The van der Waals surface area contributed by atoms with Gasteiger partial charge in [0.1, 0.15) is 34.9 Å². The topological polar surface area (TPSA) is 89.9 Å². The molecular formula is C27H25F4N3O5. The number of hydrogen-bond donors (Lipinski definition) is 1. The molecule has 1 aromatic heterocycles. The lowest BCUT2D eigenvalue weighted by atomic mass is 9.92. The number of nitrogens with zero attached hydrogens (tertiary/aromatic N) is 2. The fourth-order valence-electron chi connectivity index (χ4n) is 4.63. The number of anilines is 1. The minimum absolute atomic E-state index is 0.0125. The van der Waals surface area contributed by atoms with Crippen LogP contribution in [0.2, 0.25) is 0 Å². The van der Waals surface area contributed by atoms with E-state index in [9.17, 15) is 23.2 Å². The number of halogens is 4. The number of pyridine rings is 1. The smallest absolute Gasteiger partial charge is 0.387 e. The van der Waals surface area contributed by atoms with Crippen LogP contribution in [0.5, 0.6) is 11.5 Å². The highest BCUT2D eigenvalue weighted by atomic mass is 19.3. The van der Waals surface area contributed by atoms with Crippen LogP contribution < -0.4 is 25.2 Å². The Kier molecular flexibility index (Phi) is 7.93. The molecule has 1 aliphatic heterocycles. The first kappa shape index (κ1) is 27.7. The van der Waals surface area contributed by atoms with Crippen LogP contribution in [0.1, 0.15) is 34.3 Å². The van der Waals surface area contributed by atoms with Crippen LogP contribution in [0.4, 0.5) is 23.2 Å². The van der Waals surface area contributed by atoms with E-state index < -0.39 is 53.1 Å². The fourth-order valence-corrected chi connectivity index (χ4v) is 4.63. The summed E-state index contributed by atoms with van der Waals surface area (Å²) in [7, 11) is 1.24. The van der Waals surface area contributed by atoms with Gasteiger partial charge in [-0.1, -0.05) is 0 Å². The lowest BCUT2D eigenvalue weighted by Gasteiger charge is -2.20. The molecule has 0 saturated carbocycles. The summed E-state index contributed by atoms with van der Waals surface area (Å²) in [6.07, 6.45) is 1.57. The number of methoxy groups -OCH3 is 1. The van der Waals surface area contributed by atoms with Crippen LogP contribution in [0.3, 0.4) is 0 Å². The predicted molar refractivity (Wildman–Crippen MR) is 133 cm³/mol. The number of nitrogens with one attached hydrogen (secondary N) is 1. The van der Waals surface area contributed by atoms with Crippen LogP contribution in [-0.2, 0) is 11.3 Å². The van der Waals surface area contributed by atoms with Crippen LogP contribution in [0.15, 0.2) is 53.5 Å². The van der Waals surface area contributed by atoms with Gasteiger partial charge in [0.15, 0.2) is 0 Å². The zero-order valence-corrected chi connectivity index (χ0v) is 21.2. The molecule has 2 heterocycles. The van der Waals surface area contributed by atoms with Gasteiger partial charge in [-0.3, -0.25) is 14.4 Å². The summed E-state index contributed by atoms with van der Waals surface area (Å²) in [5, 5.41) is 2.51. The monoisotopic (exact) mass is 547 g/mol. The van der Waals surface area contributed by atoms with Gasteiger partial charge in [-0.05, 0) is 49.7 Å². The van der Waals surface area contributed by atoms with Crippen molar-refractivity contribution in [3.8, 4) is 11.5 Å². The molecule has 0 radical (unpaired) electrons. The Labute approximate surface area is 220 Å². The maximum Gasteiger partial charge on any atom is 0.387 e. The molecule has 2 atom stereocenters. The van der Waals surface area contributed by atoms with Crippen LogP contribution >= 0.6 is 0 Å². The van der Waals surface area contributed by atoms with E-state index in [1.54, 1.807) is 26.1 Å². The van der Waals surface area contributed by atoms with E-state index in [4.69, 9.17) is 4.74 Å². The number of benzene rings is 2. The van der Waals surface area contributed by atoms with Crippen molar-refractivity contribution >= 4 is 17.5 Å². The Morgan fingerprint density at radius 1 is 1.08 bits per heavy atom. The number of alkyl halides is 2. The van der Waals surface area contributed by atoms with Crippen molar-refractivity contribution < 1.29 is 36.6 Å². The molecule has 2 aromatic carbocycles. The number of rotatable bonds is 8. The van der Waals surface area contributed by atoms with Gasteiger partial charge >= 0.3 is 6.61 Å². The summed E-state index contributed by atoms with van der Waals surface area (Å²) in [4.78, 5) is 41.0. The number of ether oxygens (including phenoxy) is 2. The SMILES string of the molecule is CCn1ccc(C)c(N2C[C@@H](c3c(F)cc(OC)cc3F)[C@H](NC(=O)c3ccc(OC(F)F)cc3)C2=O)c1=O. The third-order valence-corrected chi connectivity index (χ3v) is 6.55. The summed E-state index contributed by atoms with van der Waals surface area (Å²) in [5.74, 6) is -5.00. The van der Waals surface area contributed by atoms with Gasteiger partial charge in [0, 0.05) is 48.5 Å². The average molecular weight is 548 g/mol. The summed E-state index contributed by atoms with van der Waals surface area (Å²) < 4.78 is 65.8. The van der Waals surface area contributed by atoms with Crippen LogP contribution in [-0.4, -0.2) is 42.7 Å². The summed E-state index contributed by atoms with van der Waals surface area (Å²) >= 11 is 0. The van der Waals surface area contributed by atoms with Gasteiger partial charge in [0.2, 0.25) is 5.91 Å². The largest absolute Gasteiger partial charge is 0.497 e. The second kappa shape index (κ2) is 11.2. The first-order valence-electron chi connectivity index (χ1n) is 12.0. The van der Waals surface area contributed by atoms with Crippen molar-refractivity contribution in [3.05, 3.63) is 87.3 Å². The van der Waals surface area contributed by atoms with Gasteiger partial charge in [0.05, 0.1) is 7.11 Å². The summed E-state index contributed by atoms with van der Waals surface area (Å²) in [5.41, 5.74) is -0.437. The molecule has 1 saturated heterocycles. The zero-order chi connectivity index (χ0) is 28.4. The Morgan fingerprint density at radius 2 is 1.72 bits per heavy atom. The van der Waals surface area contributed by atoms with E-state index in [1.807, 2.05) is 0 Å². The molecule has 12 heteroatoms. The normalized spacial score (nSPS) is 17.0. The van der Waals surface area contributed by atoms with E-state index in [0.717, 1.165) is 29.2 Å². The summed E-state index contributed by atoms with van der Waals surface area (Å²) in [6, 6.07) is 6.81. The third kappa shape index (κ3) is 5.45. The number of carbonyl (C=O) groups excluding carboxylic acids is 2. The van der Waals surface area contributed by atoms with Gasteiger partial charge in [-0.15, -0.1) is 0 Å². The number of aromatic nitrogens is 1. The standard InChI is InChI=1S/C27H25F4N3O5/c1-4-33-10-9-14(2)23(26(33)37)34-13-18(21-19(28)11-17(38-3)12-20(21)29)22(25(34)36)32-24(35)15-5-7-16(8-6-15)39-27(30)31/h5-12,18,22,27H,4,13H2,1-3H3,(H,32,35)/t18-,22-/m0/s1. The van der Waals surface area contributed by atoms with Crippen molar-refractivity contribution in [3.63, 3.8) is 0 Å². The highest BCUT2D eigenvalue weighted by molar-refractivity contribution is 6.05. The molecule has 1 aliphatic rings. The second-order valence-corrected chi connectivity index (χ2v) is 8.85. The molecule has 0 bridgehead atoms. The van der Waals surface area contributed by atoms with Crippen molar-refractivity contribution in [2.24, 2.45) is 0 Å². The molecule has 4 rings (SSSR count). The first-order valence-corrected chi connectivity index (χ1v) is 12.0. The van der Waals surface area contributed by atoms with Crippen LogP contribution in [0.25, 0.3) is 0 Å². The molecule has 2 amide bonds. The van der Waals surface area contributed by atoms with Crippen LogP contribution in [0, 0.1) is 18.6 Å². The lowest BCUT2D eigenvalue weighted by Crippen LogP contribution is -2.44. The maximum absolute atomic E-state index is 15.2. The molecule has 0 unspecified atom stereocenters. The molecule has 1 fully saturated rings. The summed E-state index contributed by atoms with van der Waals surface area (Å²) in [6.45, 7) is 0.348. The van der Waals surface area contributed by atoms with E-state index >= 15 is 8.78 Å². The number of carbonyl (C=O) groups is 2. The highest BCUT2D eigenvalue weighted by Gasteiger charge is 2.46. The Balaban J connectivity index is 1.75. The molecular weight excluding hydrogens is 522 g/mol. The quantitative estimate of drug-likeness (QED) is 0.431. The predicted octanol–water partition coefficient (Wildman–Crippen LogP) is 3.99. The minimum Gasteiger partial charge on any atom is -0.497 e. The number of amides is 2. The Morgan fingerprint density at radius 3 is 2.28 bits per heavy atom. The van der Waals surface area contributed by atoms with Gasteiger partial charge < -0.3 is 24.3 Å². The van der Waals surface area contributed by atoms with Gasteiger partial charge in [-0.25, -0.2) is 8.78 Å². The van der Waals surface area contributed by atoms with E-state index in [1.165, 1.54) is 23.8 Å². The van der Waals surface area contributed by atoms with Crippen molar-refractivity contribution in [1.82, 2.24) is 9.88 Å².